The average Bonchev–Trinajstić information content (AvgIpc) is 2.70. The van der Waals surface area contributed by atoms with E-state index in [0.29, 0.717) is 18.2 Å². The van der Waals surface area contributed by atoms with E-state index in [2.05, 4.69) is 10.4 Å². The van der Waals surface area contributed by atoms with E-state index in [1.165, 1.54) is 0 Å². The minimum atomic E-state index is 0.0638. The van der Waals surface area contributed by atoms with E-state index in [9.17, 15) is 4.79 Å². The van der Waals surface area contributed by atoms with Crippen molar-refractivity contribution in [2.75, 3.05) is 5.32 Å². The predicted molar refractivity (Wildman–Crippen MR) is 80.7 cm³/mol. The first kappa shape index (κ1) is 13.9. The van der Waals surface area contributed by atoms with Crippen molar-refractivity contribution in [1.29, 1.82) is 0 Å². The first-order valence-electron chi connectivity index (χ1n) is 6.78. The van der Waals surface area contributed by atoms with Crippen molar-refractivity contribution in [1.82, 2.24) is 9.78 Å². The molecular weight excluding hydrogens is 290 g/mol. The van der Waals surface area contributed by atoms with Crippen molar-refractivity contribution in [3.63, 3.8) is 0 Å². The van der Waals surface area contributed by atoms with Gasteiger partial charge in [-0.15, -0.1) is 0 Å². The summed E-state index contributed by atoms with van der Waals surface area (Å²) >= 11 is 6.18. The van der Waals surface area contributed by atoms with Gasteiger partial charge in [-0.1, -0.05) is 11.6 Å². The van der Waals surface area contributed by atoms with E-state index >= 15 is 0 Å². The fourth-order valence-electron chi connectivity index (χ4n) is 2.44. The Hall–Kier alpha value is -2.01. The molecule has 110 valence electrons. The van der Waals surface area contributed by atoms with Crippen LogP contribution in [-0.4, -0.2) is 15.7 Å². The van der Waals surface area contributed by atoms with Crippen molar-refractivity contribution in [3.05, 3.63) is 40.2 Å². The second kappa shape index (κ2) is 5.41. The van der Waals surface area contributed by atoms with Gasteiger partial charge < -0.3 is 10.1 Å². The number of ether oxygens (including phenoxy) is 1. The molecule has 5 nitrogen and oxygen atoms in total. The largest absolute Gasteiger partial charge is 0.489 e. The second-order valence-electron chi connectivity index (χ2n) is 5.13. The summed E-state index contributed by atoms with van der Waals surface area (Å²) < 4.78 is 7.45. The number of nitrogens with one attached hydrogen (secondary N) is 1. The lowest BCUT2D eigenvalue weighted by Gasteiger charge is -2.17. The molecule has 0 aliphatic carbocycles. The molecule has 0 saturated carbocycles. The topological polar surface area (TPSA) is 56.2 Å². The van der Waals surface area contributed by atoms with Gasteiger partial charge in [0.1, 0.15) is 17.5 Å². The molecule has 1 aliphatic heterocycles. The number of aryl methyl sites for hydroxylation is 3. The smallest absolute Gasteiger partial charge is 0.224 e. The zero-order valence-electron chi connectivity index (χ0n) is 11.9. The van der Waals surface area contributed by atoms with Crippen LogP contribution in [0.3, 0.4) is 0 Å². The molecule has 1 N–H and O–H groups in total. The fraction of sp³-hybridized carbons (Fsp3) is 0.333. The van der Waals surface area contributed by atoms with Gasteiger partial charge in [-0.25, -0.2) is 0 Å². The third kappa shape index (κ3) is 2.74. The molecule has 6 heteroatoms. The normalized spacial score (nSPS) is 13.8. The summed E-state index contributed by atoms with van der Waals surface area (Å²) in [5.74, 6) is 0.832. The van der Waals surface area contributed by atoms with Crippen LogP contribution in [0.25, 0.3) is 0 Å². The highest BCUT2D eigenvalue weighted by Crippen LogP contribution is 2.28. The molecule has 1 aliphatic rings. The molecule has 1 aromatic carbocycles. The Balaban J connectivity index is 1.75. The number of carbonyl (C=O) groups excluding carboxylic acids is 1. The zero-order valence-corrected chi connectivity index (χ0v) is 12.7. The van der Waals surface area contributed by atoms with Crippen LogP contribution in [0.1, 0.15) is 23.2 Å². The monoisotopic (exact) mass is 305 g/mol. The molecule has 2 aromatic rings. The van der Waals surface area contributed by atoms with Crippen molar-refractivity contribution < 1.29 is 9.53 Å². The maximum absolute atomic E-state index is 11.3. The van der Waals surface area contributed by atoms with E-state index in [0.717, 1.165) is 34.7 Å². The molecule has 0 spiro atoms. The minimum absolute atomic E-state index is 0.0638. The van der Waals surface area contributed by atoms with Crippen LogP contribution in [0.4, 0.5) is 5.69 Å². The summed E-state index contributed by atoms with van der Waals surface area (Å²) in [4.78, 5) is 11.3. The van der Waals surface area contributed by atoms with Gasteiger partial charge >= 0.3 is 0 Å². The van der Waals surface area contributed by atoms with Crippen LogP contribution >= 0.6 is 11.6 Å². The number of halogens is 1. The number of carbonyl (C=O) groups is 1. The maximum atomic E-state index is 11.3. The summed E-state index contributed by atoms with van der Waals surface area (Å²) in [7, 11) is 1.81. The van der Waals surface area contributed by atoms with E-state index in [-0.39, 0.29) is 5.91 Å². The van der Waals surface area contributed by atoms with Gasteiger partial charge in [-0.2, -0.15) is 5.10 Å². The number of aromatic nitrogens is 2. The van der Waals surface area contributed by atoms with Crippen molar-refractivity contribution in [2.24, 2.45) is 7.05 Å². The number of hydrogen-bond acceptors (Lipinski definition) is 3. The predicted octanol–water partition coefficient (Wildman–Crippen LogP) is 2.85. The Bertz CT molecular complexity index is 709. The molecule has 2 heterocycles. The van der Waals surface area contributed by atoms with Gasteiger partial charge in [0.05, 0.1) is 5.69 Å². The summed E-state index contributed by atoms with van der Waals surface area (Å²) in [5, 5.41) is 7.71. The molecule has 21 heavy (non-hydrogen) atoms. The number of amides is 1. The zero-order chi connectivity index (χ0) is 15.0. The lowest BCUT2D eigenvalue weighted by atomic mass is 10.0. The Labute approximate surface area is 127 Å². The standard InChI is InChI=1S/C15H16ClN3O2/c1-9-12(15(16)19(2)18-9)8-21-11-4-5-13-10(7-11)3-6-14(20)17-13/h4-5,7H,3,6,8H2,1-2H3,(H,17,20). The van der Waals surface area contributed by atoms with E-state index in [1.807, 2.05) is 25.1 Å². The minimum Gasteiger partial charge on any atom is -0.489 e. The molecule has 0 bridgehead atoms. The number of anilines is 1. The second-order valence-corrected chi connectivity index (χ2v) is 5.49. The number of hydrogen-bond donors (Lipinski definition) is 1. The molecule has 0 fully saturated rings. The van der Waals surface area contributed by atoms with Crippen LogP contribution in [0, 0.1) is 6.92 Å². The van der Waals surface area contributed by atoms with Gasteiger partial charge in [0.25, 0.3) is 0 Å². The van der Waals surface area contributed by atoms with E-state index in [1.54, 1.807) is 11.7 Å². The molecule has 1 amide bonds. The number of rotatable bonds is 3. The Kier molecular flexibility index (Phi) is 3.59. The van der Waals surface area contributed by atoms with Crippen LogP contribution in [0.5, 0.6) is 5.75 Å². The lowest BCUT2D eigenvalue weighted by Crippen LogP contribution is -2.18. The van der Waals surface area contributed by atoms with Crippen LogP contribution in [-0.2, 0) is 24.9 Å². The molecule has 0 saturated heterocycles. The summed E-state index contributed by atoms with van der Waals surface area (Å²) in [6, 6.07) is 5.69. The van der Waals surface area contributed by atoms with Gasteiger partial charge in [0.2, 0.25) is 5.91 Å². The van der Waals surface area contributed by atoms with E-state index in [4.69, 9.17) is 16.3 Å². The quantitative estimate of drug-likeness (QED) is 0.948. The molecule has 1 aromatic heterocycles. The fourth-order valence-corrected chi connectivity index (χ4v) is 2.67. The first-order valence-corrected chi connectivity index (χ1v) is 7.16. The van der Waals surface area contributed by atoms with Crippen LogP contribution in [0.15, 0.2) is 18.2 Å². The average molecular weight is 306 g/mol. The highest BCUT2D eigenvalue weighted by atomic mass is 35.5. The van der Waals surface area contributed by atoms with Crippen molar-refractivity contribution in [3.8, 4) is 5.75 Å². The highest BCUT2D eigenvalue weighted by Gasteiger charge is 2.16. The summed E-state index contributed by atoms with van der Waals surface area (Å²) in [5.41, 5.74) is 3.73. The van der Waals surface area contributed by atoms with Crippen LogP contribution in [0.2, 0.25) is 5.15 Å². The summed E-state index contributed by atoms with van der Waals surface area (Å²) in [6.07, 6.45) is 1.26. The van der Waals surface area contributed by atoms with E-state index < -0.39 is 0 Å². The van der Waals surface area contributed by atoms with Gasteiger partial charge in [-0.3, -0.25) is 9.48 Å². The third-order valence-corrected chi connectivity index (χ3v) is 4.10. The molecule has 0 radical (unpaired) electrons. The summed E-state index contributed by atoms with van der Waals surface area (Å²) in [6.45, 7) is 2.29. The SMILES string of the molecule is Cc1nn(C)c(Cl)c1COc1ccc2c(c1)CCC(=O)N2. The van der Waals surface area contributed by atoms with Gasteiger partial charge in [-0.05, 0) is 37.1 Å². The highest BCUT2D eigenvalue weighted by molar-refractivity contribution is 6.30. The Morgan fingerprint density at radius 3 is 2.95 bits per heavy atom. The lowest BCUT2D eigenvalue weighted by molar-refractivity contribution is -0.116. The van der Waals surface area contributed by atoms with Crippen molar-refractivity contribution >= 4 is 23.2 Å². The first-order chi connectivity index (χ1) is 10.0. The van der Waals surface area contributed by atoms with Gasteiger partial charge in [0, 0.05) is 24.7 Å². The van der Waals surface area contributed by atoms with Gasteiger partial charge in [0.15, 0.2) is 0 Å². The Morgan fingerprint density at radius 1 is 1.43 bits per heavy atom. The van der Waals surface area contributed by atoms with Crippen LogP contribution < -0.4 is 10.1 Å². The Morgan fingerprint density at radius 2 is 2.24 bits per heavy atom. The molecule has 0 unspecified atom stereocenters. The molecule has 3 rings (SSSR count). The number of benzene rings is 1. The van der Waals surface area contributed by atoms with Crippen molar-refractivity contribution in [2.45, 2.75) is 26.4 Å². The molecule has 0 atom stereocenters. The number of fused-ring (bicyclic) bond motifs is 1. The maximum Gasteiger partial charge on any atom is 0.224 e. The molecular formula is C15H16ClN3O2. The number of nitrogens with zero attached hydrogens (tertiary/aromatic N) is 2. The third-order valence-electron chi connectivity index (χ3n) is 3.63.